The van der Waals surface area contributed by atoms with Crippen LogP contribution >= 0.6 is 0 Å². The topological polar surface area (TPSA) is 49.7 Å². The van der Waals surface area contributed by atoms with Crippen molar-refractivity contribution in [1.29, 1.82) is 0 Å². The second kappa shape index (κ2) is 4.94. The Balaban J connectivity index is 2.05. The highest BCUT2D eigenvalue weighted by Crippen LogP contribution is 2.67. The van der Waals surface area contributed by atoms with Crippen molar-refractivity contribution < 1.29 is 14.9 Å². The molecular formula is C19H34O3. The van der Waals surface area contributed by atoms with Gasteiger partial charge in [-0.3, -0.25) is 0 Å². The van der Waals surface area contributed by atoms with Crippen molar-refractivity contribution in [3.05, 3.63) is 0 Å². The van der Waals surface area contributed by atoms with Gasteiger partial charge in [-0.25, -0.2) is 0 Å². The lowest BCUT2D eigenvalue weighted by atomic mass is 9.43. The van der Waals surface area contributed by atoms with Gasteiger partial charge < -0.3 is 14.9 Å². The summed E-state index contributed by atoms with van der Waals surface area (Å²) in [6.45, 7) is 11.3. The van der Waals surface area contributed by atoms with E-state index in [1.165, 1.54) is 0 Å². The summed E-state index contributed by atoms with van der Waals surface area (Å²) in [5.74, 6) is 0.882. The first kappa shape index (κ1) is 16.7. The van der Waals surface area contributed by atoms with Gasteiger partial charge in [0, 0.05) is 10.8 Å². The van der Waals surface area contributed by atoms with Crippen LogP contribution in [0, 0.1) is 22.7 Å². The Hall–Kier alpha value is -0.120. The van der Waals surface area contributed by atoms with Crippen LogP contribution in [0.4, 0.5) is 0 Å². The first-order valence-electron chi connectivity index (χ1n) is 9.10. The molecule has 0 amide bonds. The molecule has 1 saturated heterocycles. The number of ether oxygens (including phenoxy) is 1. The molecule has 0 radical (unpaired) electrons. The first-order valence-corrected chi connectivity index (χ1v) is 9.10. The van der Waals surface area contributed by atoms with Crippen LogP contribution in [0.15, 0.2) is 0 Å². The highest BCUT2D eigenvalue weighted by atomic mass is 16.5. The third kappa shape index (κ3) is 1.98. The third-order valence-corrected chi connectivity index (χ3v) is 7.81. The summed E-state index contributed by atoms with van der Waals surface area (Å²) in [6, 6.07) is 0. The van der Waals surface area contributed by atoms with Gasteiger partial charge in [-0.05, 0) is 64.2 Å². The highest BCUT2D eigenvalue weighted by molar-refractivity contribution is 5.16. The predicted octanol–water partition coefficient (Wildman–Crippen LogP) is 3.52. The van der Waals surface area contributed by atoms with Crippen LogP contribution in [-0.4, -0.2) is 34.1 Å². The number of hydrogen-bond acceptors (Lipinski definition) is 3. The first-order chi connectivity index (χ1) is 10.1. The van der Waals surface area contributed by atoms with Crippen LogP contribution in [0.2, 0.25) is 0 Å². The van der Waals surface area contributed by atoms with Gasteiger partial charge in [0.05, 0.1) is 23.9 Å². The maximum absolute atomic E-state index is 10.6. The molecule has 6 unspecified atom stereocenters. The average Bonchev–Trinajstić information content (AvgIpc) is 2.79. The largest absolute Gasteiger partial charge is 0.396 e. The van der Waals surface area contributed by atoms with E-state index in [1.807, 2.05) is 0 Å². The Kier molecular flexibility index (Phi) is 3.75. The fourth-order valence-corrected chi connectivity index (χ4v) is 6.31. The molecule has 0 aromatic carbocycles. The molecule has 1 aliphatic heterocycles. The van der Waals surface area contributed by atoms with Crippen LogP contribution in [0.25, 0.3) is 0 Å². The van der Waals surface area contributed by atoms with Crippen molar-refractivity contribution in [2.45, 2.75) is 90.4 Å². The molecule has 3 nitrogen and oxygen atoms in total. The Labute approximate surface area is 135 Å². The van der Waals surface area contributed by atoms with Gasteiger partial charge in [0.25, 0.3) is 0 Å². The number of hydrogen-bond donors (Lipinski definition) is 2. The van der Waals surface area contributed by atoms with E-state index in [0.29, 0.717) is 11.8 Å². The zero-order valence-corrected chi connectivity index (χ0v) is 15.0. The average molecular weight is 310 g/mol. The minimum atomic E-state index is -0.393. The van der Waals surface area contributed by atoms with Gasteiger partial charge in [0.15, 0.2) is 0 Å². The second-order valence-corrected chi connectivity index (χ2v) is 9.42. The van der Waals surface area contributed by atoms with Crippen LogP contribution < -0.4 is 0 Å². The van der Waals surface area contributed by atoms with Gasteiger partial charge in [-0.15, -0.1) is 0 Å². The molecule has 3 aliphatic rings. The molecule has 1 heterocycles. The van der Waals surface area contributed by atoms with E-state index in [4.69, 9.17) is 4.74 Å². The van der Waals surface area contributed by atoms with Gasteiger partial charge in [0.2, 0.25) is 0 Å². The molecule has 6 atom stereocenters. The molecule has 128 valence electrons. The van der Waals surface area contributed by atoms with E-state index in [9.17, 15) is 10.2 Å². The van der Waals surface area contributed by atoms with Crippen molar-refractivity contribution in [2.24, 2.45) is 22.7 Å². The van der Waals surface area contributed by atoms with Crippen molar-refractivity contribution in [3.8, 4) is 0 Å². The van der Waals surface area contributed by atoms with Crippen LogP contribution in [0.5, 0.6) is 0 Å². The zero-order valence-electron chi connectivity index (χ0n) is 15.0. The van der Waals surface area contributed by atoms with Crippen molar-refractivity contribution >= 4 is 0 Å². The van der Waals surface area contributed by atoms with Crippen LogP contribution in [-0.2, 0) is 4.74 Å². The molecule has 3 fully saturated rings. The second-order valence-electron chi connectivity index (χ2n) is 9.42. The quantitative estimate of drug-likeness (QED) is 0.779. The Morgan fingerprint density at radius 1 is 1.00 bits per heavy atom. The molecule has 2 aliphatic carbocycles. The Morgan fingerprint density at radius 2 is 1.68 bits per heavy atom. The number of aliphatic hydroxyl groups is 2. The molecule has 0 aromatic rings. The summed E-state index contributed by atoms with van der Waals surface area (Å²) >= 11 is 0. The lowest BCUT2D eigenvalue weighted by Gasteiger charge is -2.65. The molecule has 2 saturated carbocycles. The van der Waals surface area contributed by atoms with E-state index in [2.05, 4.69) is 34.6 Å². The van der Waals surface area contributed by atoms with Gasteiger partial charge in [0.1, 0.15) is 0 Å². The van der Waals surface area contributed by atoms with Crippen LogP contribution in [0.1, 0.15) is 73.1 Å². The minimum Gasteiger partial charge on any atom is -0.396 e. The molecule has 3 heteroatoms. The van der Waals surface area contributed by atoms with Crippen molar-refractivity contribution in [2.75, 3.05) is 6.61 Å². The van der Waals surface area contributed by atoms with Gasteiger partial charge in [-0.1, -0.05) is 20.8 Å². The zero-order chi connectivity index (χ0) is 16.4. The summed E-state index contributed by atoms with van der Waals surface area (Å²) in [6.07, 6.45) is 5.85. The standard InChI is InChI=1S/C19H34O3/c1-13-6-7-14-17(4,12-20)15(21)8-9-18(14,5)19(13)11-10-16(2,3)22-19/h13-15,20-21H,6-12H2,1-5H3. The van der Waals surface area contributed by atoms with E-state index in [0.717, 1.165) is 38.5 Å². The molecule has 0 bridgehead atoms. The summed E-state index contributed by atoms with van der Waals surface area (Å²) in [7, 11) is 0. The summed E-state index contributed by atoms with van der Waals surface area (Å²) in [5, 5.41) is 20.7. The molecule has 3 rings (SSSR count). The fraction of sp³-hybridized carbons (Fsp3) is 1.00. The van der Waals surface area contributed by atoms with Crippen molar-refractivity contribution in [3.63, 3.8) is 0 Å². The lowest BCUT2D eigenvalue weighted by molar-refractivity contribution is -0.262. The number of rotatable bonds is 1. The minimum absolute atomic E-state index is 0.0507. The monoisotopic (exact) mass is 310 g/mol. The number of aliphatic hydroxyl groups excluding tert-OH is 2. The molecule has 1 spiro atoms. The predicted molar refractivity (Wildman–Crippen MR) is 87.6 cm³/mol. The maximum atomic E-state index is 10.6. The molecule has 22 heavy (non-hydrogen) atoms. The van der Waals surface area contributed by atoms with Gasteiger partial charge >= 0.3 is 0 Å². The lowest BCUT2D eigenvalue weighted by Crippen LogP contribution is -2.66. The van der Waals surface area contributed by atoms with E-state index in [-0.39, 0.29) is 23.2 Å². The summed E-state index contributed by atoms with van der Waals surface area (Å²) < 4.78 is 6.77. The molecule has 0 aromatic heterocycles. The third-order valence-electron chi connectivity index (χ3n) is 7.81. The fourth-order valence-electron chi connectivity index (χ4n) is 6.31. The smallest absolute Gasteiger partial charge is 0.0772 e. The molecule has 2 N–H and O–H groups in total. The van der Waals surface area contributed by atoms with Crippen LogP contribution in [0.3, 0.4) is 0 Å². The van der Waals surface area contributed by atoms with E-state index in [1.54, 1.807) is 0 Å². The van der Waals surface area contributed by atoms with Crippen molar-refractivity contribution in [1.82, 2.24) is 0 Å². The van der Waals surface area contributed by atoms with E-state index >= 15 is 0 Å². The number of fused-ring (bicyclic) bond motifs is 2. The summed E-state index contributed by atoms with van der Waals surface area (Å²) in [4.78, 5) is 0. The molecular weight excluding hydrogens is 276 g/mol. The maximum Gasteiger partial charge on any atom is 0.0772 e. The Bertz CT molecular complexity index is 448. The SMILES string of the molecule is CC1CCC2C(C)(CO)C(O)CCC2(C)C12CCC(C)(C)O2. The van der Waals surface area contributed by atoms with Gasteiger partial charge in [-0.2, -0.15) is 0 Å². The Morgan fingerprint density at radius 3 is 2.23 bits per heavy atom. The summed E-state index contributed by atoms with van der Waals surface area (Å²) in [5.41, 5.74) is -0.480. The highest BCUT2D eigenvalue weighted by Gasteiger charge is 2.67. The van der Waals surface area contributed by atoms with E-state index < -0.39 is 11.5 Å². The normalized spacial score (nSPS) is 54.4.